The lowest BCUT2D eigenvalue weighted by Crippen LogP contribution is -2.45. The zero-order valence-corrected chi connectivity index (χ0v) is 20.0. The van der Waals surface area contributed by atoms with Crippen molar-refractivity contribution in [2.24, 2.45) is 5.73 Å². The van der Waals surface area contributed by atoms with Gasteiger partial charge < -0.3 is 21.1 Å². The van der Waals surface area contributed by atoms with Crippen molar-refractivity contribution in [3.8, 4) is 0 Å². The highest BCUT2D eigenvalue weighted by molar-refractivity contribution is 9.10. The quantitative estimate of drug-likeness (QED) is 0.363. The van der Waals surface area contributed by atoms with E-state index in [-0.39, 0.29) is 25.4 Å². The van der Waals surface area contributed by atoms with Crippen LogP contribution in [0.25, 0.3) is 0 Å². The second kappa shape index (κ2) is 13.8. The molecule has 0 aliphatic rings. The summed E-state index contributed by atoms with van der Waals surface area (Å²) in [7, 11) is 0. The molecule has 1 atom stereocenters. The van der Waals surface area contributed by atoms with Crippen LogP contribution in [-0.4, -0.2) is 30.5 Å². The predicted molar refractivity (Wildman–Crippen MR) is 127 cm³/mol. The lowest BCUT2D eigenvalue weighted by molar-refractivity contribution is -0.127. The van der Waals surface area contributed by atoms with Gasteiger partial charge in [0.2, 0.25) is 11.8 Å². The smallest absolute Gasteiger partial charge is 0.407 e. The molecule has 2 aromatic carbocycles. The van der Waals surface area contributed by atoms with Crippen molar-refractivity contribution in [2.45, 2.75) is 44.8 Å². The highest BCUT2D eigenvalue weighted by atomic mass is 79.9. The van der Waals surface area contributed by atoms with Gasteiger partial charge in [-0.1, -0.05) is 64.3 Å². The topological polar surface area (TPSA) is 111 Å². The Bertz CT molecular complexity index is 911. The third kappa shape index (κ3) is 9.70. The Balaban J connectivity index is 1.61. The minimum Gasteiger partial charge on any atom is -0.445 e. The van der Waals surface area contributed by atoms with Crippen LogP contribution in [0.3, 0.4) is 0 Å². The van der Waals surface area contributed by atoms with E-state index in [1.54, 1.807) is 18.2 Å². The molecule has 0 aromatic heterocycles. The molecular weight excluding hydrogens is 498 g/mol. The molecule has 0 unspecified atom stereocenters. The van der Waals surface area contributed by atoms with Crippen LogP contribution in [0.4, 0.5) is 4.79 Å². The largest absolute Gasteiger partial charge is 0.445 e. The van der Waals surface area contributed by atoms with Crippen LogP contribution in [-0.2, 0) is 27.4 Å². The molecule has 0 bridgehead atoms. The summed E-state index contributed by atoms with van der Waals surface area (Å²) in [5.74, 6) is -0.856. The van der Waals surface area contributed by atoms with E-state index in [1.807, 2.05) is 30.3 Å². The summed E-state index contributed by atoms with van der Waals surface area (Å²) in [6, 6.07) is 13.8. The number of amides is 3. The molecule has 0 saturated heterocycles. The molecule has 0 fully saturated rings. The standard InChI is InChI=1S/C23H27BrClN3O4/c24-19-11-10-18(25)13-17(19)14-20(22(26)30)28-21(29)9-5-2-6-12-27-23(31)32-15-16-7-3-1-4-8-16/h1,3-4,7-8,10-11,13,20H,2,5-6,9,12,14-15H2,(H2,26,30)(H,27,31)(H,28,29)/t20-/m0/s1. The Morgan fingerprint density at radius 2 is 1.81 bits per heavy atom. The van der Waals surface area contributed by atoms with Gasteiger partial charge in [-0.3, -0.25) is 9.59 Å². The van der Waals surface area contributed by atoms with E-state index in [4.69, 9.17) is 22.1 Å². The number of primary amides is 1. The molecule has 9 heteroatoms. The number of halogens is 2. The van der Waals surface area contributed by atoms with Crippen molar-refractivity contribution < 1.29 is 19.1 Å². The molecule has 4 N–H and O–H groups in total. The fourth-order valence-corrected chi connectivity index (χ4v) is 3.56. The average molecular weight is 525 g/mol. The van der Waals surface area contributed by atoms with Crippen LogP contribution in [0, 0.1) is 0 Å². The van der Waals surface area contributed by atoms with Crippen LogP contribution in [0.1, 0.15) is 36.8 Å². The maximum Gasteiger partial charge on any atom is 0.407 e. The third-order valence-corrected chi connectivity index (χ3v) is 5.68. The zero-order chi connectivity index (χ0) is 23.3. The SMILES string of the molecule is NC(=O)[C@H](Cc1cc(Cl)ccc1Br)NC(=O)CCCCCNC(=O)OCc1ccccc1. The number of hydrogen-bond donors (Lipinski definition) is 3. The summed E-state index contributed by atoms with van der Waals surface area (Å²) >= 11 is 9.41. The van der Waals surface area contributed by atoms with Gasteiger partial charge in [0.05, 0.1) is 0 Å². The van der Waals surface area contributed by atoms with Gasteiger partial charge in [0, 0.05) is 28.9 Å². The first-order valence-electron chi connectivity index (χ1n) is 10.3. The number of hydrogen-bond acceptors (Lipinski definition) is 4. The van der Waals surface area contributed by atoms with Crippen molar-refractivity contribution in [1.29, 1.82) is 0 Å². The number of ether oxygens (including phenoxy) is 1. The van der Waals surface area contributed by atoms with Gasteiger partial charge in [-0.2, -0.15) is 0 Å². The lowest BCUT2D eigenvalue weighted by Gasteiger charge is -2.16. The molecule has 0 saturated carbocycles. The lowest BCUT2D eigenvalue weighted by atomic mass is 10.0. The van der Waals surface area contributed by atoms with Gasteiger partial charge in [0.15, 0.2) is 0 Å². The van der Waals surface area contributed by atoms with Crippen LogP contribution in [0.5, 0.6) is 0 Å². The van der Waals surface area contributed by atoms with Gasteiger partial charge in [-0.15, -0.1) is 0 Å². The number of alkyl carbamates (subject to hydrolysis) is 1. The summed E-state index contributed by atoms with van der Waals surface area (Å²) in [6.45, 7) is 0.682. The highest BCUT2D eigenvalue weighted by Crippen LogP contribution is 2.22. The van der Waals surface area contributed by atoms with Crippen molar-refractivity contribution >= 4 is 45.4 Å². The third-order valence-electron chi connectivity index (χ3n) is 4.67. The number of carbonyl (C=O) groups is 3. The first-order chi connectivity index (χ1) is 15.3. The summed E-state index contributed by atoms with van der Waals surface area (Å²) in [6.07, 6.45) is 2.12. The first-order valence-corrected chi connectivity index (χ1v) is 11.5. The molecule has 0 radical (unpaired) electrons. The van der Waals surface area contributed by atoms with E-state index >= 15 is 0 Å². The van der Waals surface area contributed by atoms with Crippen LogP contribution < -0.4 is 16.4 Å². The van der Waals surface area contributed by atoms with Crippen molar-refractivity contribution in [2.75, 3.05) is 6.54 Å². The average Bonchev–Trinajstić information content (AvgIpc) is 2.77. The van der Waals surface area contributed by atoms with Crippen LogP contribution >= 0.6 is 27.5 Å². The number of nitrogens with one attached hydrogen (secondary N) is 2. The van der Waals surface area contributed by atoms with Gasteiger partial charge in [-0.05, 0) is 42.2 Å². The number of benzene rings is 2. The number of nitrogens with two attached hydrogens (primary N) is 1. The maximum absolute atomic E-state index is 12.2. The second-order valence-electron chi connectivity index (χ2n) is 7.26. The molecule has 0 heterocycles. The fraction of sp³-hybridized carbons (Fsp3) is 0.348. The number of unbranched alkanes of at least 4 members (excludes halogenated alkanes) is 2. The Morgan fingerprint density at radius 3 is 2.53 bits per heavy atom. The van der Waals surface area contributed by atoms with E-state index < -0.39 is 18.0 Å². The van der Waals surface area contributed by atoms with Crippen LogP contribution in [0.2, 0.25) is 5.02 Å². The number of carbonyl (C=O) groups excluding carboxylic acids is 3. The van der Waals surface area contributed by atoms with Gasteiger partial charge in [0.1, 0.15) is 12.6 Å². The molecule has 0 aliphatic heterocycles. The summed E-state index contributed by atoms with van der Waals surface area (Å²) in [4.78, 5) is 35.7. The molecule has 32 heavy (non-hydrogen) atoms. The summed E-state index contributed by atoms with van der Waals surface area (Å²) in [5, 5.41) is 5.91. The zero-order valence-electron chi connectivity index (χ0n) is 17.6. The Kier molecular flexibility index (Phi) is 11.0. The number of rotatable bonds is 12. The monoisotopic (exact) mass is 523 g/mol. The molecule has 2 aromatic rings. The maximum atomic E-state index is 12.2. The fourth-order valence-electron chi connectivity index (χ4n) is 2.96. The Hall–Kier alpha value is -2.58. The molecule has 2 rings (SSSR count). The van der Waals surface area contributed by atoms with E-state index in [2.05, 4.69) is 26.6 Å². The van der Waals surface area contributed by atoms with Crippen LogP contribution in [0.15, 0.2) is 53.0 Å². The van der Waals surface area contributed by atoms with Crippen molar-refractivity contribution in [1.82, 2.24) is 10.6 Å². The minimum atomic E-state index is -0.821. The first kappa shape index (κ1) is 25.7. The molecule has 7 nitrogen and oxygen atoms in total. The van der Waals surface area contributed by atoms with Gasteiger partial charge in [0.25, 0.3) is 0 Å². The minimum absolute atomic E-state index is 0.222. The summed E-state index contributed by atoms with van der Waals surface area (Å²) in [5.41, 5.74) is 7.16. The highest BCUT2D eigenvalue weighted by Gasteiger charge is 2.19. The molecule has 0 spiro atoms. The second-order valence-corrected chi connectivity index (χ2v) is 8.55. The molecule has 0 aliphatic carbocycles. The predicted octanol–water partition coefficient (Wildman–Crippen LogP) is 4.10. The van der Waals surface area contributed by atoms with E-state index in [1.165, 1.54) is 0 Å². The van der Waals surface area contributed by atoms with E-state index in [0.29, 0.717) is 24.4 Å². The molecule has 3 amide bonds. The van der Waals surface area contributed by atoms with Crippen molar-refractivity contribution in [3.63, 3.8) is 0 Å². The summed E-state index contributed by atoms with van der Waals surface area (Å²) < 4.78 is 5.92. The normalized spacial score (nSPS) is 11.4. The van der Waals surface area contributed by atoms with E-state index in [0.717, 1.165) is 22.0 Å². The molecule has 172 valence electrons. The van der Waals surface area contributed by atoms with Crippen molar-refractivity contribution in [3.05, 3.63) is 69.2 Å². The van der Waals surface area contributed by atoms with Gasteiger partial charge >= 0.3 is 6.09 Å². The Labute approximate surface area is 201 Å². The van der Waals surface area contributed by atoms with E-state index in [9.17, 15) is 14.4 Å². The molecular formula is C23H27BrClN3O4. The van der Waals surface area contributed by atoms with Gasteiger partial charge in [-0.25, -0.2) is 4.79 Å². The Morgan fingerprint density at radius 1 is 1.06 bits per heavy atom.